The molecule has 2 aromatic carbocycles. The average molecular weight is 452 g/mol. The number of aromatic nitrogens is 1. The van der Waals surface area contributed by atoms with Crippen molar-refractivity contribution in [3.8, 4) is 23.0 Å². The molecule has 1 fully saturated rings. The number of ether oxygens (including phenoxy) is 3. The molecule has 0 spiro atoms. The number of carboxylic acid groups (broad SMARTS) is 1. The molecular formula is C25H29N3O5. The zero-order valence-electron chi connectivity index (χ0n) is 19.0. The van der Waals surface area contributed by atoms with Gasteiger partial charge in [0.1, 0.15) is 11.5 Å². The number of likely N-dealkylation sites (tertiary alicyclic amines) is 1. The smallest absolute Gasteiger partial charge is 0.411 e. The minimum absolute atomic E-state index is 0.437. The first-order valence-corrected chi connectivity index (χ1v) is 11.1. The van der Waals surface area contributed by atoms with Crippen molar-refractivity contribution in [3.05, 3.63) is 48.7 Å². The molecule has 0 saturated carbocycles. The van der Waals surface area contributed by atoms with Crippen LogP contribution in [0.2, 0.25) is 0 Å². The van der Waals surface area contributed by atoms with Crippen LogP contribution in [0.1, 0.15) is 19.3 Å². The minimum atomic E-state index is -0.957. The van der Waals surface area contributed by atoms with Crippen LogP contribution in [-0.2, 0) is 0 Å². The normalized spacial score (nSPS) is 14.1. The van der Waals surface area contributed by atoms with Gasteiger partial charge >= 0.3 is 6.09 Å². The maximum absolute atomic E-state index is 11.9. The summed E-state index contributed by atoms with van der Waals surface area (Å²) >= 11 is 0. The van der Waals surface area contributed by atoms with E-state index in [9.17, 15) is 9.90 Å². The van der Waals surface area contributed by atoms with Gasteiger partial charge in [0.25, 0.3) is 0 Å². The number of amides is 1. The van der Waals surface area contributed by atoms with Crippen LogP contribution in [0.4, 0.5) is 10.5 Å². The summed E-state index contributed by atoms with van der Waals surface area (Å²) in [5, 5.41) is 10.5. The maximum Gasteiger partial charge on any atom is 0.411 e. The second-order valence-corrected chi connectivity index (χ2v) is 7.97. The molecule has 1 N–H and O–H groups in total. The molecule has 0 bridgehead atoms. The van der Waals surface area contributed by atoms with E-state index in [2.05, 4.69) is 9.88 Å². The van der Waals surface area contributed by atoms with Gasteiger partial charge in [-0.05, 0) is 62.3 Å². The van der Waals surface area contributed by atoms with E-state index in [1.165, 1.54) is 24.2 Å². The Balaban J connectivity index is 1.50. The standard InChI is InChI=1S/C25H29N3O5/c1-31-23-16-20-21(17-24(23)32-2)26-11-10-22(20)33-19-8-6-18(7-9-19)28(25(29)30)15-14-27-12-4-3-5-13-27/h6-11,16-17H,3-5,12-15H2,1-2H3,(H,29,30). The molecule has 8 heteroatoms. The van der Waals surface area contributed by atoms with Crippen molar-refractivity contribution in [2.45, 2.75) is 19.3 Å². The third-order valence-corrected chi connectivity index (χ3v) is 5.90. The van der Waals surface area contributed by atoms with E-state index in [1.54, 1.807) is 56.8 Å². The van der Waals surface area contributed by atoms with Crippen molar-refractivity contribution in [3.63, 3.8) is 0 Å². The van der Waals surface area contributed by atoms with E-state index in [1.807, 2.05) is 6.07 Å². The van der Waals surface area contributed by atoms with Crippen LogP contribution in [0.25, 0.3) is 10.9 Å². The molecule has 0 unspecified atom stereocenters. The molecule has 1 saturated heterocycles. The molecule has 4 rings (SSSR count). The number of fused-ring (bicyclic) bond motifs is 1. The monoisotopic (exact) mass is 451 g/mol. The predicted octanol–water partition coefficient (Wildman–Crippen LogP) is 5.01. The summed E-state index contributed by atoms with van der Waals surface area (Å²) < 4.78 is 16.9. The Morgan fingerprint density at radius 2 is 1.70 bits per heavy atom. The van der Waals surface area contributed by atoms with Crippen LogP contribution in [-0.4, -0.2) is 61.5 Å². The number of rotatable bonds is 8. The van der Waals surface area contributed by atoms with E-state index in [-0.39, 0.29) is 0 Å². The third-order valence-electron chi connectivity index (χ3n) is 5.90. The minimum Gasteiger partial charge on any atom is -0.493 e. The van der Waals surface area contributed by atoms with Crippen molar-refractivity contribution in [2.75, 3.05) is 45.3 Å². The van der Waals surface area contributed by atoms with Gasteiger partial charge in [-0.2, -0.15) is 0 Å². The molecule has 174 valence electrons. The number of nitrogens with zero attached hydrogens (tertiary/aromatic N) is 3. The number of piperidine rings is 1. The first-order valence-electron chi connectivity index (χ1n) is 11.1. The third kappa shape index (κ3) is 5.28. The second kappa shape index (κ2) is 10.4. The lowest BCUT2D eigenvalue weighted by Gasteiger charge is -2.29. The Kier molecular flexibility index (Phi) is 7.14. The number of anilines is 1. The lowest BCUT2D eigenvalue weighted by molar-refractivity contribution is 0.196. The molecule has 2 heterocycles. The van der Waals surface area contributed by atoms with E-state index < -0.39 is 6.09 Å². The number of pyridine rings is 1. The van der Waals surface area contributed by atoms with Crippen molar-refractivity contribution in [2.24, 2.45) is 0 Å². The quantitative estimate of drug-likeness (QED) is 0.515. The number of hydrogen-bond acceptors (Lipinski definition) is 6. The molecule has 1 aromatic heterocycles. The summed E-state index contributed by atoms with van der Waals surface area (Å²) in [6, 6.07) is 12.5. The molecule has 8 nitrogen and oxygen atoms in total. The van der Waals surface area contributed by atoms with Gasteiger partial charge in [0, 0.05) is 36.4 Å². The molecule has 33 heavy (non-hydrogen) atoms. The van der Waals surface area contributed by atoms with Gasteiger partial charge in [-0.1, -0.05) is 6.42 Å². The van der Waals surface area contributed by atoms with Crippen LogP contribution in [0.5, 0.6) is 23.0 Å². The van der Waals surface area contributed by atoms with Crippen LogP contribution >= 0.6 is 0 Å². The first-order chi connectivity index (χ1) is 16.1. The molecule has 0 aliphatic carbocycles. The van der Waals surface area contributed by atoms with Gasteiger partial charge in [-0.25, -0.2) is 4.79 Å². The molecule has 3 aromatic rings. The number of benzene rings is 2. The van der Waals surface area contributed by atoms with Gasteiger partial charge in [-0.3, -0.25) is 9.88 Å². The highest BCUT2D eigenvalue weighted by Gasteiger charge is 2.18. The second-order valence-electron chi connectivity index (χ2n) is 7.97. The lowest BCUT2D eigenvalue weighted by Crippen LogP contribution is -2.40. The highest BCUT2D eigenvalue weighted by Crippen LogP contribution is 2.37. The molecule has 1 aliphatic rings. The summed E-state index contributed by atoms with van der Waals surface area (Å²) in [6.45, 7) is 3.25. The molecule has 1 amide bonds. The zero-order valence-corrected chi connectivity index (χ0v) is 19.0. The molecule has 0 atom stereocenters. The Hall–Kier alpha value is -3.52. The maximum atomic E-state index is 11.9. The van der Waals surface area contributed by atoms with Gasteiger partial charge in [0.05, 0.1) is 19.7 Å². The Bertz CT molecular complexity index is 1100. The highest BCUT2D eigenvalue weighted by atomic mass is 16.5. The molecular weight excluding hydrogens is 422 g/mol. The van der Waals surface area contributed by atoms with Crippen molar-refractivity contribution < 1.29 is 24.1 Å². The number of carbonyl (C=O) groups is 1. The fourth-order valence-electron chi connectivity index (χ4n) is 4.12. The van der Waals surface area contributed by atoms with Gasteiger partial charge < -0.3 is 24.2 Å². The van der Waals surface area contributed by atoms with Crippen LogP contribution in [0, 0.1) is 0 Å². The first kappa shape index (κ1) is 22.7. The van der Waals surface area contributed by atoms with E-state index in [0.29, 0.717) is 35.2 Å². The van der Waals surface area contributed by atoms with Crippen LogP contribution in [0.3, 0.4) is 0 Å². The Morgan fingerprint density at radius 3 is 2.36 bits per heavy atom. The van der Waals surface area contributed by atoms with E-state index in [0.717, 1.165) is 30.5 Å². The lowest BCUT2D eigenvalue weighted by atomic mass is 10.1. The van der Waals surface area contributed by atoms with Crippen molar-refractivity contribution in [1.29, 1.82) is 0 Å². The van der Waals surface area contributed by atoms with Gasteiger partial charge in [0.2, 0.25) is 0 Å². The van der Waals surface area contributed by atoms with Gasteiger partial charge in [0.15, 0.2) is 11.5 Å². The Morgan fingerprint density at radius 1 is 1.00 bits per heavy atom. The van der Waals surface area contributed by atoms with Crippen LogP contribution < -0.4 is 19.1 Å². The van der Waals surface area contributed by atoms with Crippen molar-refractivity contribution >= 4 is 22.7 Å². The summed E-state index contributed by atoms with van der Waals surface area (Å²) in [6.07, 6.45) is 4.34. The summed E-state index contributed by atoms with van der Waals surface area (Å²) in [4.78, 5) is 20.0. The highest BCUT2D eigenvalue weighted by molar-refractivity contribution is 5.88. The summed E-state index contributed by atoms with van der Waals surface area (Å²) in [5.41, 5.74) is 1.34. The topological polar surface area (TPSA) is 84.4 Å². The Labute approximate surface area is 193 Å². The SMILES string of the molecule is COc1cc2nccc(Oc3ccc(N(CCN4CCCCC4)C(=O)O)cc3)c2cc1OC. The fourth-order valence-corrected chi connectivity index (χ4v) is 4.12. The predicted molar refractivity (Wildman–Crippen MR) is 127 cm³/mol. The number of hydrogen-bond donors (Lipinski definition) is 1. The fraction of sp³-hybridized carbons (Fsp3) is 0.360. The summed E-state index contributed by atoms with van der Waals surface area (Å²) in [7, 11) is 3.16. The summed E-state index contributed by atoms with van der Waals surface area (Å²) in [5.74, 6) is 2.40. The van der Waals surface area contributed by atoms with E-state index >= 15 is 0 Å². The zero-order chi connectivity index (χ0) is 23.2. The number of methoxy groups -OCH3 is 2. The van der Waals surface area contributed by atoms with Gasteiger partial charge in [-0.15, -0.1) is 0 Å². The average Bonchev–Trinajstić information content (AvgIpc) is 2.85. The van der Waals surface area contributed by atoms with Crippen LogP contribution in [0.15, 0.2) is 48.7 Å². The molecule has 0 radical (unpaired) electrons. The van der Waals surface area contributed by atoms with E-state index in [4.69, 9.17) is 14.2 Å². The van der Waals surface area contributed by atoms with Crippen molar-refractivity contribution in [1.82, 2.24) is 9.88 Å². The largest absolute Gasteiger partial charge is 0.493 e. The molecule has 1 aliphatic heterocycles.